The second-order valence-corrected chi connectivity index (χ2v) is 5.73. The molecule has 24 heavy (non-hydrogen) atoms. The van der Waals surface area contributed by atoms with Gasteiger partial charge in [-0.1, -0.05) is 0 Å². The summed E-state index contributed by atoms with van der Waals surface area (Å²) in [6, 6.07) is 9.58. The molecule has 0 amide bonds. The van der Waals surface area contributed by atoms with Gasteiger partial charge in [0.2, 0.25) is 6.79 Å². The third kappa shape index (κ3) is 2.64. The van der Waals surface area contributed by atoms with Crippen LogP contribution in [0.25, 0.3) is 5.95 Å². The zero-order valence-corrected chi connectivity index (χ0v) is 13.7. The molecule has 1 aromatic carbocycles. The monoisotopic (exact) mass is 323 g/mol. The lowest BCUT2D eigenvalue weighted by Gasteiger charge is -2.10. The molecule has 1 aliphatic heterocycles. The van der Waals surface area contributed by atoms with Crippen molar-refractivity contribution in [3.8, 4) is 17.4 Å². The molecular weight excluding hydrogens is 306 g/mol. The van der Waals surface area contributed by atoms with Crippen LogP contribution in [0.1, 0.15) is 17.1 Å². The van der Waals surface area contributed by atoms with Gasteiger partial charge in [0.1, 0.15) is 5.82 Å². The molecule has 1 N–H and O–H groups in total. The minimum atomic E-state index is 0.257. The van der Waals surface area contributed by atoms with Gasteiger partial charge in [0.05, 0.1) is 5.69 Å². The van der Waals surface area contributed by atoms with Crippen LogP contribution in [-0.4, -0.2) is 26.5 Å². The maximum Gasteiger partial charge on any atom is 0.252 e. The van der Waals surface area contributed by atoms with Gasteiger partial charge in [0.25, 0.3) is 5.95 Å². The fourth-order valence-corrected chi connectivity index (χ4v) is 2.67. The smallest absolute Gasteiger partial charge is 0.252 e. The van der Waals surface area contributed by atoms with Gasteiger partial charge in [-0.05, 0) is 39.0 Å². The molecule has 0 bridgehead atoms. The van der Waals surface area contributed by atoms with E-state index in [2.05, 4.69) is 20.4 Å². The standard InChI is InChI=1S/C17H17N5O2/c1-10-7-16(19-13-4-5-14-15(8-13)24-9-23-14)20-17(18-10)22-12(3)6-11(2)21-22/h4-8H,9H2,1-3H3,(H,18,19,20). The van der Waals surface area contributed by atoms with E-state index in [1.165, 1.54) is 0 Å². The van der Waals surface area contributed by atoms with Crippen molar-refractivity contribution in [1.29, 1.82) is 0 Å². The van der Waals surface area contributed by atoms with Gasteiger partial charge in [-0.3, -0.25) is 0 Å². The normalized spacial score (nSPS) is 12.5. The van der Waals surface area contributed by atoms with E-state index in [-0.39, 0.29) is 6.79 Å². The Morgan fingerprint density at radius 2 is 1.79 bits per heavy atom. The average molecular weight is 323 g/mol. The number of nitrogens with one attached hydrogen (secondary N) is 1. The first kappa shape index (κ1) is 14.5. The highest BCUT2D eigenvalue weighted by atomic mass is 16.7. The zero-order valence-electron chi connectivity index (χ0n) is 13.7. The van der Waals surface area contributed by atoms with Gasteiger partial charge in [-0.15, -0.1) is 0 Å². The Kier molecular flexibility index (Phi) is 3.34. The minimum absolute atomic E-state index is 0.257. The Balaban J connectivity index is 1.67. The lowest BCUT2D eigenvalue weighted by molar-refractivity contribution is 0.174. The Hall–Kier alpha value is -3.09. The predicted molar refractivity (Wildman–Crippen MR) is 89.2 cm³/mol. The van der Waals surface area contributed by atoms with Crippen LogP contribution in [0, 0.1) is 20.8 Å². The van der Waals surface area contributed by atoms with Crippen LogP contribution in [0.2, 0.25) is 0 Å². The van der Waals surface area contributed by atoms with Crippen LogP contribution in [-0.2, 0) is 0 Å². The fourth-order valence-electron chi connectivity index (χ4n) is 2.67. The molecule has 2 aromatic heterocycles. The van der Waals surface area contributed by atoms with Crippen molar-refractivity contribution in [2.24, 2.45) is 0 Å². The number of aromatic nitrogens is 4. The lowest BCUT2D eigenvalue weighted by atomic mass is 10.2. The fraction of sp³-hybridized carbons (Fsp3) is 0.235. The van der Waals surface area contributed by atoms with Crippen molar-refractivity contribution in [3.63, 3.8) is 0 Å². The molecule has 7 nitrogen and oxygen atoms in total. The van der Waals surface area contributed by atoms with Crippen LogP contribution >= 0.6 is 0 Å². The molecular formula is C17H17N5O2. The summed E-state index contributed by atoms with van der Waals surface area (Å²) in [5.41, 5.74) is 3.66. The molecule has 7 heteroatoms. The maximum absolute atomic E-state index is 5.40. The maximum atomic E-state index is 5.40. The summed E-state index contributed by atoms with van der Waals surface area (Å²) in [7, 11) is 0. The predicted octanol–water partition coefficient (Wildman–Crippen LogP) is 3.06. The number of benzene rings is 1. The molecule has 0 saturated carbocycles. The highest BCUT2D eigenvalue weighted by Gasteiger charge is 2.14. The molecule has 0 radical (unpaired) electrons. The quantitative estimate of drug-likeness (QED) is 0.798. The second kappa shape index (κ2) is 5.52. The molecule has 0 aliphatic carbocycles. The van der Waals surface area contributed by atoms with Gasteiger partial charge in [-0.25, -0.2) is 9.67 Å². The van der Waals surface area contributed by atoms with E-state index in [1.54, 1.807) is 4.68 Å². The molecule has 3 heterocycles. The number of aryl methyl sites for hydroxylation is 3. The summed E-state index contributed by atoms with van der Waals surface area (Å²) in [5.74, 6) is 2.72. The van der Waals surface area contributed by atoms with E-state index in [9.17, 15) is 0 Å². The first-order valence-electron chi connectivity index (χ1n) is 7.64. The van der Waals surface area contributed by atoms with Crippen LogP contribution in [0.4, 0.5) is 11.5 Å². The van der Waals surface area contributed by atoms with Crippen LogP contribution < -0.4 is 14.8 Å². The Labute approximate surface area is 139 Å². The number of anilines is 2. The molecule has 0 atom stereocenters. The van der Waals surface area contributed by atoms with E-state index >= 15 is 0 Å². The minimum Gasteiger partial charge on any atom is -0.454 e. The molecule has 1 aliphatic rings. The zero-order chi connectivity index (χ0) is 16.7. The van der Waals surface area contributed by atoms with E-state index < -0.39 is 0 Å². The summed E-state index contributed by atoms with van der Waals surface area (Å²) >= 11 is 0. The average Bonchev–Trinajstić information content (AvgIpc) is 3.12. The van der Waals surface area contributed by atoms with Crippen molar-refractivity contribution >= 4 is 11.5 Å². The Morgan fingerprint density at radius 1 is 0.958 bits per heavy atom. The van der Waals surface area contributed by atoms with E-state index in [0.29, 0.717) is 11.8 Å². The largest absolute Gasteiger partial charge is 0.454 e. The first-order chi connectivity index (χ1) is 11.6. The van der Waals surface area contributed by atoms with Gasteiger partial charge in [0.15, 0.2) is 11.5 Å². The number of fused-ring (bicyclic) bond motifs is 1. The highest BCUT2D eigenvalue weighted by Crippen LogP contribution is 2.35. The number of rotatable bonds is 3. The van der Waals surface area contributed by atoms with E-state index in [4.69, 9.17) is 9.47 Å². The number of ether oxygens (including phenoxy) is 2. The van der Waals surface area contributed by atoms with Crippen molar-refractivity contribution in [3.05, 3.63) is 47.4 Å². The van der Waals surface area contributed by atoms with Gasteiger partial charge in [-0.2, -0.15) is 10.1 Å². The number of hydrogen-bond donors (Lipinski definition) is 1. The molecule has 0 fully saturated rings. The summed E-state index contributed by atoms with van der Waals surface area (Å²) in [6.07, 6.45) is 0. The van der Waals surface area contributed by atoms with Crippen LogP contribution in [0.15, 0.2) is 30.3 Å². The van der Waals surface area contributed by atoms with Gasteiger partial charge in [0, 0.05) is 29.2 Å². The summed E-state index contributed by atoms with van der Waals surface area (Å²) in [6.45, 7) is 6.12. The van der Waals surface area contributed by atoms with Crippen LogP contribution in [0.5, 0.6) is 11.5 Å². The molecule has 0 saturated heterocycles. The van der Waals surface area contributed by atoms with Gasteiger partial charge >= 0.3 is 0 Å². The third-order valence-corrected chi connectivity index (χ3v) is 3.69. The van der Waals surface area contributed by atoms with Crippen molar-refractivity contribution < 1.29 is 9.47 Å². The third-order valence-electron chi connectivity index (χ3n) is 3.69. The SMILES string of the molecule is Cc1cc(Nc2ccc3c(c2)OCO3)nc(-n2nc(C)cc2C)n1. The first-order valence-corrected chi connectivity index (χ1v) is 7.64. The molecule has 3 aromatic rings. The topological polar surface area (TPSA) is 74.1 Å². The number of nitrogens with zero attached hydrogens (tertiary/aromatic N) is 4. The van der Waals surface area contributed by atoms with Crippen molar-refractivity contribution in [1.82, 2.24) is 19.7 Å². The van der Waals surface area contributed by atoms with E-state index in [0.717, 1.165) is 34.3 Å². The molecule has 4 rings (SSSR count). The van der Waals surface area contributed by atoms with Crippen molar-refractivity contribution in [2.45, 2.75) is 20.8 Å². The van der Waals surface area contributed by atoms with E-state index in [1.807, 2.05) is 51.1 Å². The summed E-state index contributed by atoms with van der Waals surface area (Å²) in [5, 5.41) is 7.73. The summed E-state index contributed by atoms with van der Waals surface area (Å²) in [4.78, 5) is 9.06. The molecule has 122 valence electrons. The Morgan fingerprint density at radius 3 is 2.58 bits per heavy atom. The summed E-state index contributed by atoms with van der Waals surface area (Å²) < 4.78 is 12.5. The second-order valence-electron chi connectivity index (χ2n) is 5.73. The van der Waals surface area contributed by atoms with Gasteiger partial charge < -0.3 is 14.8 Å². The lowest BCUT2D eigenvalue weighted by Crippen LogP contribution is -2.08. The molecule has 0 spiro atoms. The van der Waals surface area contributed by atoms with Crippen LogP contribution in [0.3, 0.4) is 0 Å². The van der Waals surface area contributed by atoms with Crippen molar-refractivity contribution in [2.75, 3.05) is 12.1 Å². The Bertz CT molecular complexity index is 919. The molecule has 0 unspecified atom stereocenters. The number of hydrogen-bond acceptors (Lipinski definition) is 6. The highest BCUT2D eigenvalue weighted by molar-refractivity contribution is 5.62.